The highest BCUT2D eigenvalue weighted by Crippen LogP contribution is 2.36. The molecule has 36 heavy (non-hydrogen) atoms. The van der Waals surface area contributed by atoms with Crippen molar-refractivity contribution in [1.82, 2.24) is 4.57 Å². The van der Waals surface area contributed by atoms with E-state index in [1.165, 1.54) is 23.0 Å². The highest BCUT2D eigenvalue weighted by Gasteiger charge is 2.33. The molecule has 0 bridgehead atoms. The molecule has 1 aliphatic rings. The van der Waals surface area contributed by atoms with Gasteiger partial charge in [0.05, 0.1) is 50.9 Å². The predicted molar refractivity (Wildman–Crippen MR) is 137 cm³/mol. The van der Waals surface area contributed by atoms with Gasteiger partial charge in [0.2, 0.25) is 0 Å². The number of esters is 1. The van der Waals surface area contributed by atoms with Gasteiger partial charge in [-0.3, -0.25) is 9.36 Å². The van der Waals surface area contributed by atoms with Crippen LogP contribution in [0.1, 0.15) is 25.5 Å². The molecule has 0 amide bonds. The number of nitrogens with one attached hydrogen (secondary N) is 1. The molecule has 1 aliphatic heterocycles. The van der Waals surface area contributed by atoms with Crippen molar-refractivity contribution in [3.63, 3.8) is 0 Å². The van der Waals surface area contributed by atoms with Crippen molar-refractivity contribution in [1.29, 1.82) is 0 Å². The summed E-state index contributed by atoms with van der Waals surface area (Å²) in [5.41, 5.74) is 1.86. The van der Waals surface area contributed by atoms with Crippen LogP contribution in [0.15, 0.2) is 63.5 Å². The van der Waals surface area contributed by atoms with Crippen molar-refractivity contribution in [2.45, 2.75) is 19.9 Å². The van der Waals surface area contributed by atoms with Gasteiger partial charge in [0.15, 0.2) is 16.3 Å². The van der Waals surface area contributed by atoms with Gasteiger partial charge in [-0.1, -0.05) is 29.5 Å². The molecule has 0 aliphatic carbocycles. The van der Waals surface area contributed by atoms with Gasteiger partial charge in [0.25, 0.3) is 5.56 Å². The molecule has 10 heteroatoms. The van der Waals surface area contributed by atoms with E-state index < -0.39 is 12.0 Å². The zero-order valence-corrected chi connectivity index (χ0v) is 21.5. The Kier molecular flexibility index (Phi) is 7.44. The van der Waals surface area contributed by atoms with E-state index in [0.717, 1.165) is 0 Å². The summed E-state index contributed by atoms with van der Waals surface area (Å²) < 4.78 is 23.5. The second-order valence-corrected chi connectivity index (χ2v) is 8.77. The zero-order chi connectivity index (χ0) is 25.8. The van der Waals surface area contributed by atoms with Gasteiger partial charge in [0.1, 0.15) is 10.3 Å². The van der Waals surface area contributed by atoms with Crippen LogP contribution >= 0.6 is 11.3 Å². The van der Waals surface area contributed by atoms with Gasteiger partial charge in [-0.2, -0.15) is 0 Å². The normalized spacial score (nSPS) is 15.1. The van der Waals surface area contributed by atoms with Crippen LogP contribution in [0.4, 0.5) is 5.69 Å². The Balaban J connectivity index is 1.89. The Morgan fingerprint density at radius 3 is 2.50 bits per heavy atom. The number of hydrogen-bond acceptors (Lipinski definition) is 9. The molecule has 1 N–H and O–H groups in total. The smallest absolute Gasteiger partial charge is 0.338 e. The van der Waals surface area contributed by atoms with E-state index in [9.17, 15) is 9.59 Å². The summed E-state index contributed by atoms with van der Waals surface area (Å²) in [6, 6.07) is 11.9. The number of benzene rings is 2. The van der Waals surface area contributed by atoms with E-state index in [0.29, 0.717) is 49.1 Å². The standard InChI is InChI=1S/C26H27N3O6S/c1-6-35-25(31)22-15(2)28-26-29(23(22)16-11-12-19(33-4)20(13-16)34-5)24(30)21(36-26)14-27-17-9-7-8-10-18(17)32-3/h7-14,23,27H,6H2,1-5H3/b21-14-/t23-/m0/s1. The minimum absolute atomic E-state index is 0.196. The molecule has 0 unspecified atom stereocenters. The van der Waals surface area contributed by atoms with E-state index in [2.05, 4.69) is 10.3 Å². The van der Waals surface area contributed by atoms with Crippen LogP contribution in [0.25, 0.3) is 6.20 Å². The third-order valence-electron chi connectivity index (χ3n) is 5.71. The number of ether oxygens (including phenoxy) is 4. The van der Waals surface area contributed by atoms with Crippen LogP contribution < -0.4 is 34.4 Å². The lowest BCUT2D eigenvalue weighted by Gasteiger charge is -2.25. The summed E-state index contributed by atoms with van der Waals surface area (Å²) in [4.78, 5) is 31.8. The number of aromatic nitrogens is 1. The second-order valence-electron chi connectivity index (χ2n) is 7.76. The molecule has 1 atom stereocenters. The Labute approximate surface area is 211 Å². The first-order chi connectivity index (χ1) is 17.4. The number of nitrogens with zero attached hydrogens (tertiary/aromatic N) is 2. The first-order valence-electron chi connectivity index (χ1n) is 11.2. The number of thiazole rings is 1. The average molecular weight is 510 g/mol. The number of carbonyl (C=O) groups excluding carboxylic acids is 1. The highest BCUT2D eigenvalue weighted by molar-refractivity contribution is 7.07. The zero-order valence-electron chi connectivity index (χ0n) is 20.7. The van der Waals surface area contributed by atoms with Gasteiger partial charge in [-0.05, 0) is 43.7 Å². The number of anilines is 1. The SMILES string of the molecule is CCOC(=O)C1=C(C)N=c2s/c(=C\Nc3ccccc3OC)c(=O)n2[C@H]1c1ccc(OC)c(OC)c1. The molecule has 0 fully saturated rings. The fourth-order valence-corrected chi connectivity index (χ4v) is 5.01. The summed E-state index contributed by atoms with van der Waals surface area (Å²) in [6.07, 6.45) is 1.62. The Morgan fingerprint density at radius 2 is 1.81 bits per heavy atom. The molecule has 4 rings (SSSR count). The minimum atomic E-state index is -0.756. The van der Waals surface area contributed by atoms with Crippen molar-refractivity contribution >= 4 is 29.2 Å². The fourth-order valence-electron chi connectivity index (χ4n) is 4.04. The van der Waals surface area contributed by atoms with Crippen LogP contribution in [0.3, 0.4) is 0 Å². The number of rotatable bonds is 8. The molecule has 1 aromatic heterocycles. The molecule has 188 valence electrons. The Hall–Kier alpha value is -4.05. The number of methoxy groups -OCH3 is 3. The summed E-state index contributed by atoms with van der Waals surface area (Å²) >= 11 is 1.22. The van der Waals surface area contributed by atoms with Crippen molar-refractivity contribution in [2.24, 2.45) is 4.99 Å². The summed E-state index contributed by atoms with van der Waals surface area (Å²) in [7, 11) is 4.66. The first-order valence-corrected chi connectivity index (χ1v) is 12.0. The summed E-state index contributed by atoms with van der Waals surface area (Å²) in [5.74, 6) is 1.13. The molecular formula is C26H27N3O6S. The van der Waals surface area contributed by atoms with Gasteiger partial charge in [0, 0.05) is 6.20 Å². The van der Waals surface area contributed by atoms with E-state index in [4.69, 9.17) is 18.9 Å². The van der Waals surface area contributed by atoms with Gasteiger partial charge >= 0.3 is 5.97 Å². The van der Waals surface area contributed by atoms with E-state index in [1.54, 1.807) is 52.5 Å². The third-order valence-corrected chi connectivity index (χ3v) is 6.69. The first kappa shape index (κ1) is 25.1. The topological polar surface area (TPSA) is 100 Å². The lowest BCUT2D eigenvalue weighted by atomic mass is 9.95. The molecule has 2 aromatic carbocycles. The predicted octanol–water partition coefficient (Wildman–Crippen LogP) is 2.85. The van der Waals surface area contributed by atoms with Gasteiger partial charge < -0.3 is 24.3 Å². The minimum Gasteiger partial charge on any atom is -0.495 e. The maximum Gasteiger partial charge on any atom is 0.338 e. The molecule has 0 saturated carbocycles. The van der Waals surface area contributed by atoms with E-state index >= 15 is 0 Å². The molecule has 0 spiro atoms. The largest absolute Gasteiger partial charge is 0.495 e. The fraction of sp³-hybridized carbons (Fsp3) is 0.269. The maximum atomic E-state index is 13.7. The number of carbonyl (C=O) groups is 1. The average Bonchev–Trinajstić information content (AvgIpc) is 3.20. The Morgan fingerprint density at radius 1 is 1.08 bits per heavy atom. The van der Waals surface area contributed by atoms with E-state index in [-0.39, 0.29) is 12.2 Å². The number of fused-ring (bicyclic) bond motifs is 1. The molecule has 3 aromatic rings. The molecular weight excluding hydrogens is 482 g/mol. The van der Waals surface area contributed by atoms with Crippen molar-refractivity contribution in [3.05, 3.63) is 79.0 Å². The van der Waals surface area contributed by atoms with Crippen molar-refractivity contribution in [2.75, 3.05) is 33.3 Å². The molecule has 0 radical (unpaired) electrons. The van der Waals surface area contributed by atoms with Crippen LogP contribution in [-0.2, 0) is 9.53 Å². The van der Waals surface area contributed by atoms with E-state index in [1.807, 2.05) is 24.3 Å². The monoisotopic (exact) mass is 509 g/mol. The quantitative estimate of drug-likeness (QED) is 0.466. The van der Waals surface area contributed by atoms with Crippen LogP contribution in [-0.4, -0.2) is 38.5 Å². The molecule has 2 heterocycles. The van der Waals surface area contributed by atoms with Gasteiger partial charge in [-0.25, -0.2) is 9.79 Å². The lowest BCUT2D eigenvalue weighted by molar-refractivity contribution is -0.139. The third kappa shape index (κ3) is 4.59. The lowest BCUT2D eigenvalue weighted by Crippen LogP contribution is -2.40. The number of para-hydroxylation sites is 2. The van der Waals surface area contributed by atoms with Crippen molar-refractivity contribution < 1.29 is 23.7 Å². The maximum absolute atomic E-state index is 13.7. The molecule has 0 saturated heterocycles. The van der Waals surface area contributed by atoms with Crippen LogP contribution in [0.5, 0.6) is 17.2 Å². The number of allylic oxidation sites excluding steroid dienone is 1. The van der Waals surface area contributed by atoms with Crippen LogP contribution in [0.2, 0.25) is 0 Å². The second kappa shape index (κ2) is 10.7. The van der Waals surface area contributed by atoms with Gasteiger partial charge in [-0.15, -0.1) is 0 Å². The molecule has 9 nitrogen and oxygen atoms in total. The van der Waals surface area contributed by atoms with Crippen molar-refractivity contribution in [3.8, 4) is 17.2 Å². The van der Waals surface area contributed by atoms with Crippen LogP contribution in [0, 0.1) is 0 Å². The summed E-state index contributed by atoms with van der Waals surface area (Å²) in [5, 5.41) is 3.15. The number of hydrogen-bond donors (Lipinski definition) is 1. The highest BCUT2D eigenvalue weighted by atomic mass is 32.1. The Bertz CT molecular complexity index is 1500. The summed E-state index contributed by atoms with van der Waals surface area (Å²) in [6.45, 7) is 3.67.